The molecular weight excluding hydrogens is 568 g/mol. The Morgan fingerprint density at radius 1 is 0.457 bits per heavy atom. The summed E-state index contributed by atoms with van der Waals surface area (Å²) in [6, 6.07) is 26.1. The van der Waals surface area contributed by atoms with Gasteiger partial charge in [0, 0.05) is 23.0 Å². The van der Waals surface area contributed by atoms with E-state index in [1.807, 2.05) is 0 Å². The number of hydrogen-bond donors (Lipinski definition) is 0. The zero-order chi connectivity index (χ0) is 32.1. The quantitative estimate of drug-likeness (QED) is 0.148. The first kappa shape index (κ1) is 34.8. The van der Waals surface area contributed by atoms with Gasteiger partial charge >= 0.3 is 0 Å². The highest BCUT2D eigenvalue weighted by molar-refractivity contribution is 5.70. The van der Waals surface area contributed by atoms with Gasteiger partial charge < -0.3 is 18.9 Å². The van der Waals surface area contributed by atoms with E-state index in [0.29, 0.717) is 11.8 Å². The first-order valence-electron chi connectivity index (χ1n) is 18.4. The molecule has 0 spiro atoms. The summed E-state index contributed by atoms with van der Waals surface area (Å²) in [5.74, 6) is 0.985. The molecule has 4 nitrogen and oxygen atoms in total. The van der Waals surface area contributed by atoms with Crippen molar-refractivity contribution < 1.29 is 18.9 Å². The third-order valence-electron chi connectivity index (χ3n) is 10.2. The molecule has 0 N–H and O–H groups in total. The van der Waals surface area contributed by atoms with Crippen molar-refractivity contribution >= 4 is 0 Å². The van der Waals surface area contributed by atoms with Gasteiger partial charge in [0.1, 0.15) is 0 Å². The number of benzene rings is 3. The van der Waals surface area contributed by atoms with Crippen LogP contribution in [0.5, 0.6) is 0 Å². The van der Waals surface area contributed by atoms with Crippen LogP contribution in [0.25, 0.3) is 22.3 Å². The average Bonchev–Trinajstić information content (AvgIpc) is 3.09. The summed E-state index contributed by atoms with van der Waals surface area (Å²) >= 11 is 0. The molecule has 4 heteroatoms. The summed E-state index contributed by atoms with van der Waals surface area (Å²) in [5, 5.41) is 0. The van der Waals surface area contributed by atoms with Crippen LogP contribution in [-0.4, -0.2) is 25.4 Å². The number of hydrogen-bond acceptors (Lipinski definition) is 4. The maximum Gasteiger partial charge on any atom is 0.184 e. The van der Waals surface area contributed by atoms with E-state index in [2.05, 4.69) is 100 Å². The van der Waals surface area contributed by atoms with E-state index in [0.717, 1.165) is 24.3 Å². The van der Waals surface area contributed by atoms with Crippen LogP contribution in [0.15, 0.2) is 72.8 Å². The average molecular weight is 627 g/mol. The van der Waals surface area contributed by atoms with Crippen LogP contribution in [0.4, 0.5) is 0 Å². The van der Waals surface area contributed by atoms with E-state index in [-0.39, 0.29) is 24.8 Å². The minimum atomic E-state index is -0.278. The molecule has 0 amide bonds. The molecule has 3 aromatic rings. The topological polar surface area (TPSA) is 36.9 Å². The van der Waals surface area contributed by atoms with Gasteiger partial charge in [-0.25, -0.2) is 0 Å². The minimum absolute atomic E-state index is 0.222. The Labute approximate surface area is 279 Å². The van der Waals surface area contributed by atoms with Crippen LogP contribution in [0.1, 0.15) is 128 Å². The van der Waals surface area contributed by atoms with E-state index in [1.54, 1.807) is 0 Å². The second-order valence-electron chi connectivity index (χ2n) is 13.8. The molecule has 5 rings (SSSR count). The standard InChI is InChI=1S/C42H58O4/c1-5-7-9-11-13-15-39-29-43-41(45-31(39)3)37-25-21-35(22-26-37)33-17-19-34(20-18-33)36-23-27-38(28-24-36)42-44-30-40(32(4)46-42)16-14-12-10-8-6-2/h17-28,31-32,39-42H,5-16,29-30H2,1-4H3. The molecule has 0 bridgehead atoms. The minimum Gasteiger partial charge on any atom is -0.348 e. The third-order valence-corrected chi connectivity index (χ3v) is 10.2. The van der Waals surface area contributed by atoms with E-state index < -0.39 is 0 Å². The lowest BCUT2D eigenvalue weighted by Crippen LogP contribution is -2.34. The number of ether oxygens (including phenoxy) is 4. The Bertz CT molecular complexity index is 1170. The van der Waals surface area contributed by atoms with Crippen molar-refractivity contribution in [2.75, 3.05) is 13.2 Å². The highest BCUT2D eigenvalue weighted by Gasteiger charge is 2.30. The van der Waals surface area contributed by atoms with Gasteiger partial charge in [0.05, 0.1) is 25.4 Å². The zero-order valence-corrected chi connectivity index (χ0v) is 28.9. The highest BCUT2D eigenvalue weighted by Crippen LogP contribution is 2.35. The van der Waals surface area contributed by atoms with Gasteiger partial charge in [-0.1, -0.05) is 151 Å². The molecule has 0 radical (unpaired) electrons. The van der Waals surface area contributed by atoms with Crippen LogP contribution in [0, 0.1) is 11.8 Å². The van der Waals surface area contributed by atoms with Crippen LogP contribution >= 0.6 is 0 Å². The fraction of sp³-hybridized carbons (Fsp3) is 0.571. The van der Waals surface area contributed by atoms with Crippen molar-refractivity contribution in [2.45, 2.75) is 130 Å². The molecule has 6 unspecified atom stereocenters. The third kappa shape index (κ3) is 9.76. The molecule has 2 fully saturated rings. The van der Waals surface area contributed by atoms with Gasteiger partial charge in [0.15, 0.2) is 12.6 Å². The maximum atomic E-state index is 6.32. The number of rotatable bonds is 16. The second-order valence-corrected chi connectivity index (χ2v) is 13.8. The monoisotopic (exact) mass is 626 g/mol. The lowest BCUT2D eigenvalue weighted by molar-refractivity contribution is -0.237. The largest absolute Gasteiger partial charge is 0.348 e. The van der Waals surface area contributed by atoms with Crippen molar-refractivity contribution in [3.05, 3.63) is 83.9 Å². The fourth-order valence-electron chi connectivity index (χ4n) is 6.91. The fourth-order valence-corrected chi connectivity index (χ4v) is 6.91. The van der Waals surface area contributed by atoms with Crippen LogP contribution < -0.4 is 0 Å². The molecule has 0 saturated carbocycles. The van der Waals surface area contributed by atoms with Gasteiger partial charge in [-0.3, -0.25) is 0 Å². The zero-order valence-electron chi connectivity index (χ0n) is 28.9. The summed E-state index contributed by atoms with van der Waals surface area (Å²) in [5.41, 5.74) is 6.97. The first-order valence-corrected chi connectivity index (χ1v) is 18.4. The van der Waals surface area contributed by atoms with E-state index in [4.69, 9.17) is 18.9 Å². The Balaban J connectivity index is 1.09. The highest BCUT2D eigenvalue weighted by atomic mass is 16.7. The smallest absolute Gasteiger partial charge is 0.184 e. The van der Waals surface area contributed by atoms with E-state index >= 15 is 0 Å². The molecule has 0 aliphatic carbocycles. The van der Waals surface area contributed by atoms with Crippen LogP contribution in [0.3, 0.4) is 0 Å². The molecule has 2 heterocycles. The predicted molar refractivity (Wildman–Crippen MR) is 190 cm³/mol. The summed E-state index contributed by atoms with van der Waals surface area (Å²) in [4.78, 5) is 0. The number of unbranched alkanes of at least 4 members (excludes halogenated alkanes) is 8. The molecule has 2 saturated heterocycles. The van der Waals surface area contributed by atoms with Crippen molar-refractivity contribution in [1.29, 1.82) is 0 Å². The van der Waals surface area contributed by atoms with Gasteiger partial charge in [0.2, 0.25) is 0 Å². The summed E-state index contributed by atoms with van der Waals surface area (Å²) < 4.78 is 25.0. The molecule has 0 aromatic heterocycles. The predicted octanol–water partition coefficient (Wildman–Crippen LogP) is 11.8. The summed E-state index contributed by atoms with van der Waals surface area (Å²) in [6.45, 7) is 10.5. The van der Waals surface area contributed by atoms with Gasteiger partial charge in [-0.2, -0.15) is 0 Å². The van der Waals surface area contributed by atoms with E-state index in [9.17, 15) is 0 Å². The van der Waals surface area contributed by atoms with Crippen molar-refractivity contribution in [2.24, 2.45) is 11.8 Å². The second kappa shape index (κ2) is 18.2. The lowest BCUT2D eigenvalue weighted by atomic mass is 9.95. The Morgan fingerprint density at radius 3 is 1.11 bits per heavy atom. The first-order chi connectivity index (χ1) is 22.6. The SMILES string of the molecule is CCCCCCCC1COC(c2ccc(-c3ccc(-c4ccc(C5OCC(CCCCCCC)C(C)O5)cc4)cc3)cc2)OC1C. The van der Waals surface area contributed by atoms with Gasteiger partial charge in [-0.15, -0.1) is 0 Å². The van der Waals surface area contributed by atoms with Crippen LogP contribution in [-0.2, 0) is 18.9 Å². The lowest BCUT2D eigenvalue weighted by Gasteiger charge is -2.35. The summed E-state index contributed by atoms with van der Waals surface area (Å²) in [7, 11) is 0. The molecular formula is C42H58O4. The Kier molecular flexibility index (Phi) is 13.7. The van der Waals surface area contributed by atoms with Crippen molar-refractivity contribution in [1.82, 2.24) is 0 Å². The Hall–Kier alpha value is -2.50. The molecule has 46 heavy (non-hydrogen) atoms. The van der Waals surface area contributed by atoms with Crippen molar-refractivity contribution in [3.8, 4) is 22.3 Å². The maximum absolute atomic E-state index is 6.32. The molecule has 3 aromatic carbocycles. The molecule has 6 atom stereocenters. The van der Waals surface area contributed by atoms with Crippen molar-refractivity contribution in [3.63, 3.8) is 0 Å². The summed E-state index contributed by atoms with van der Waals surface area (Å²) in [6.07, 6.45) is 15.4. The molecule has 2 aliphatic rings. The molecule has 2 aliphatic heterocycles. The molecule has 250 valence electrons. The van der Waals surface area contributed by atoms with E-state index in [1.165, 1.54) is 99.3 Å². The van der Waals surface area contributed by atoms with Gasteiger partial charge in [0.25, 0.3) is 0 Å². The van der Waals surface area contributed by atoms with Gasteiger partial charge in [-0.05, 0) is 48.9 Å². The van der Waals surface area contributed by atoms with Crippen LogP contribution in [0.2, 0.25) is 0 Å². The Morgan fingerprint density at radius 2 is 0.783 bits per heavy atom. The normalized spacial score (nSPS) is 25.0.